The molecule has 0 bridgehead atoms. The third-order valence-electron chi connectivity index (χ3n) is 3.65. The van der Waals surface area contributed by atoms with E-state index in [1.807, 2.05) is 0 Å². The average molecular weight is 182 g/mol. The highest BCUT2D eigenvalue weighted by atomic mass is 15.3. The maximum Gasteiger partial charge on any atom is 0.0454 e. The molecule has 1 unspecified atom stereocenters. The lowest BCUT2D eigenvalue weighted by Crippen LogP contribution is -2.80. The Morgan fingerprint density at radius 2 is 1.77 bits per heavy atom. The van der Waals surface area contributed by atoms with Gasteiger partial charge in [0.2, 0.25) is 0 Å². The zero-order valence-electron chi connectivity index (χ0n) is 9.30. The van der Waals surface area contributed by atoms with Gasteiger partial charge in [0.25, 0.3) is 0 Å². The maximum absolute atomic E-state index is 3.74. The molecular weight excluding hydrogens is 160 g/mol. The first-order valence-electron chi connectivity index (χ1n) is 5.54. The molecule has 0 amide bonds. The summed E-state index contributed by atoms with van der Waals surface area (Å²) in [6, 6.07) is 1.51. The molecule has 1 atom stereocenters. The molecule has 1 N–H and O–H groups in total. The van der Waals surface area contributed by atoms with E-state index in [1.165, 1.54) is 19.5 Å². The topological polar surface area (TPSA) is 15.3 Å². The van der Waals surface area contributed by atoms with Crippen molar-refractivity contribution in [3.05, 3.63) is 0 Å². The van der Waals surface area contributed by atoms with Crippen LogP contribution in [0.2, 0.25) is 0 Å². The Bertz CT molecular complexity index is 161. The van der Waals surface area contributed by atoms with Crippen molar-refractivity contribution in [1.82, 2.24) is 10.2 Å². The van der Waals surface area contributed by atoms with Gasteiger partial charge in [0.1, 0.15) is 0 Å². The van der Waals surface area contributed by atoms with Crippen LogP contribution in [0.25, 0.3) is 0 Å². The summed E-state index contributed by atoms with van der Waals surface area (Å²) in [5.41, 5.74) is 0.527. The Balaban J connectivity index is 1.76. The molecule has 0 aromatic rings. The second kappa shape index (κ2) is 2.96. The van der Waals surface area contributed by atoms with Crippen molar-refractivity contribution in [2.45, 2.75) is 51.7 Å². The zero-order chi connectivity index (χ0) is 9.64. The molecule has 13 heavy (non-hydrogen) atoms. The first-order valence-corrected chi connectivity index (χ1v) is 5.54. The van der Waals surface area contributed by atoms with Crippen LogP contribution in [0.5, 0.6) is 0 Å². The molecule has 2 fully saturated rings. The summed E-state index contributed by atoms with van der Waals surface area (Å²) in [6.07, 6.45) is 1.40. The summed E-state index contributed by atoms with van der Waals surface area (Å²) in [4.78, 5) is 2.55. The third kappa shape index (κ3) is 1.50. The monoisotopic (exact) mass is 182 g/mol. The molecule has 0 radical (unpaired) electrons. The molecule has 0 aromatic heterocycles. The Hall–Kier alpha value is -0.0800. The zero-order valence-corrected chi connectivity index (χ0v) is 9.30. The smallest absolute Gasteiger partial charge is 0.0454 e. The summed E-state index contributed by atoms with van der Waals surface area (Å²) in [5, 5.41) is 3.74. The van der Waals surface area contributed by atoms with Gasteiger partial charge in [-0.05, 0) is 26.2 Å². The van der Waals surface area contributed by atoms with Crippen LogP contribution >= 0.6 is 0 Å². The molecule has 0 aromatic carbocycles. The molecule has 76 valence electrons. The van der Waals surface area contributed by atoms with Crippen molar-refractivity contribution in [2.24, 2.45) is 5.92 Å². The molecular formula is C11H22N2. The van der Waals surface area contributed by atoms with Crippen LogP contribution < -0.4 is 5.32 Å². The fraction of sp³-hybridized carbons (Fsp3) is 1.00. The molecule has 2 aliphatic rings. The Morgan fingerprint density at radius 3 is 2.15 bits per heavy atom. The fourth-order valence-corrected chi connectivity index (χ4v) is 2.51. The number of nitrogens with one attached hydrogen (secondary N) is 1. The highest BCUT2D eigenvalue weighted by molar-refractivity contribution is 5.13. The molecule has 2 nitrogen and oxygen atoms in total. The van der Waals surface area contributed by atoms with Gasteiger partial charge in [-0.2, -0.15) is 0 Å². The molecule has 0 saturated carbocycles. The average Bonchev–Trinajstić information content (AvgIpc) is 1.78. The maximum atomic E-state index is 3.74. The van der Waals surface area contributed by atoms with Crippen molar-refractivity contribution in [1.29, 1.82) is 0 Å². The first kappa shape index (κ1) is 9.47. The SMILES string of the molecule is CC(C)C1CC2(CN(C(C)C)C2)N1. The van der Waals surface area contributed by atoms with Crippen LogP contribution in [0.1, 0.15) is 34.1 Å². The minimum atomic E-state index is 0.527. The van der Waals surface area contributed by atoms with Crippen LogP contribution in [0.15, 0.2) is 0 Å². The van der Waals surface area contributed by atoms with Crippen LogP contribution in [0.3, 0.4) is 0 Å². The normalized spacial score (nSPS) is 32.3. The minimum Gasteiger partial charge on any atom is -0.306 e. The van der Waals surface area contributed by atoms with Crippen LogP contribution in [-0.4, -0.2) is 35.6 Å². The summed E-state index contributed by atoms with van der Waals surface area (Å²) < 4.78 is 0. The summed E-state index contributed by atoms with van der Waals surface area (Å²) in [5.74, 6) is 0.804. The standard InChI is InChI=1S/C11H22N2/c1-8(2)10-5-11(12-10)6-13(7-11)9(3)4/h8-10,12H,5-7H2,1-4H3. The van der Waals surface area contributed by atoms with Gasteiger partial charge in [-0.15, -0.1) is 0 Å². The Labute approximate surface area is 81.7 Å². The highest BCUT2D eigenvalue weighted by Crippen LogP contribution is 2.37. The van der Waals surface area contributed by atoms with E-state index in [1.54, 1.807) is 0 Å². The number of nitrogens with zero attached hydrogens (tertiary/aromatic N) is 1. The van der Waals surface area contributed by atoms with E-state index in [0.29, 0.717) is 5.54 Å². The van der Waals surface area contributed by atoms with E-state index in [-0.39, 0.29) is 0 Å². The molecule has 1 spiro atoms. The van der Waals surface area contributed by atoms with E-state index in [0.717, 1.165) is 18.0 Å². The van der Waals surface area contributed by atoms with Crippen molar-refractivity contribution >= 4 is 0 Å². The molecule has 2 saturated heterocycles. The van der Waals surface area contributed by atoms with E-state index in [2.05, 4.69) is 37.9 Å². The Morgan fingerprint density at radius 1 is 1.23 bits per heavy atom. The summed E-state index contributed by atoms with van der Waals surface area (Å²) in [7, 11) is 0. The molecule has 2 aliphatic heterocycles. The van der Waals surface area contributed by atoms with Gasteiger partial charge in [-0.1, -0.05) is 13.8 Å². The molecule has 2 rings (SSSR count). The van der Waals surface area contributed by atoms with Crippen LogP contribution in [0.4, 0.5) is 0 Å². The minimum absolute atomic E-state index is 0.527. The largest absolute Gasteiger partial charge is 0.306 e. The van der Waals surface area contributed by atoms with Gasteiger partial charge in [0, 0.05) is 30.7 Å². The highest BCUT2D eigenvalue weighted by Gasteiger charge is 2.52. The lowest BCUT2D eigenvalue weighted by atomic mass is 9.71. The van der Waals surface area contributed by atoms with Gasteiger partial charge >= 0.3 is 0 Å². The van der Waals surface area contributed by atoms with E-state index < -0.39 is 0 Å². The van der Waals surface area contributed by atoms with Gasteiger partial charge in [0.05, 0.1) is 0 Å². The molecule has 2 heterocycles. The van der Waals surface area contributed by atoms with Crippen LogP contribution in [-0.2, 0) is 0 Å². The predicted octanol–water partition coefficient (Wildman–Crippen LogP) is 1.47. The molecule has 2 heteroatoms. The van der Waals surface area contributed by atoms with Crippen molar-refractivity contribution in [3.63, 3.8) is 0 Å². The second-order valence-electron chi connectivity index (χ2n) is 5.48. The summed E-state index contributed by atoms with van der Waals surface area (Å²) in [6.45, 7) is 11.7. The summed E-state index contributed by atoms with van der Waals surface area (Å²) >= 11 is 0. The van der Waals surface area contributed by atoms with Gasteiger partial charge in [-0.3, -0.25) is 4.90 Å². The van der Waals surface area contributed by atoms with Crippen molar-refractivity contribution in [3.8, 4) is 0 Å². The van der Waals surface area contributed by atoms with E-state index in [4.69, 9.17) is 0 Å². The Kier molecular flexibility index (Phi) is 2.16. The number of hydrogen-bond donors (Lipinski definition) is 1. The van der Waals surface area contributed by atoms with Gasteiger partial charge in [0.15, 0.2) is 0 Å². The number of rotatable bonds is 2. The molecule has 0 aliphatic carbocycles. The lowest BCUT2D eigenvalue weighted by molar-refractivity contribution is -0.0590. The second-order valence-corrected chi connectivity index (χ2v) is 5.48. The van der Waals surface area contributed by atoms with Gasteiger partial charge in [-0.25, -0.2) is 0 Å². The third-order valence-corrected chi connectivity index (χ3v) is 3.65. The van der Waals surface area contributed by atoms with Crippen LogP contribution in [0, 0.1) is 5.92 Å². The van der Waals surface area contributed by atoms with Crippen molar-refractivity contribution in [2.75, 3.05) is 13.1 Å². The number of likely N-dealkylation sites (tertiary alicyclic amines) is 1. The van der Waals surface area contributed by atoms with Gasteiger partial charge < -0.3 is 5.32 Å². The van der Waals surface area contributed by atoms with E-state index >= 15 is 0 Å². The number of hydrogen-bond acceptors (Lipinski definition) is 2. The van der Waals surface area contributed by atoms with Crippen molar-refractivity contribution < 1.29 is 0 Å². The predicted molar refractivity (Wildman–Crippen MR) is 55.8 cm³/mol. The quantitative estimate of drug-likeness (QED) is 0.695. The first-order chi connectivity index (χ1) is 6.02. The van der Waals surface area contributed by atoms with E-state index in [9.17, 15) is 0 Å². The lowest BCUT2D eigenvalue weighted by Gasteiger charge is -2.62. The fourth-order valence-electron chi connectivity index (χ4n) is 2.51.